The fourth-order valence-electron chi connectivity index (χ4n) is 1.78. The van der Waals surface area contributed by atoms with Crippen LogP contribution >= 0.6 is 11.3 Å². The summed E-state index contributed by atoms with van der Waals surface area (Å²) in [6.45, 7) is 0. The van der Waals surface area contributed by atoms with Crippen LogP contribution in [-0.2, 0) is 6.18 Å². The first kappa shape index (κ1) is 12.9. The first-order valence-electron chi connectivity index (χ1n) is 5.64. The summed E-state index contributed by atoms with van der Waals surface area (Å²) in [5.74, 6) is 0.345. The van der Waals surface area contributed by atoms with Gasteiger partial charge in [-0.1, -0.05) is 6.07 Å². The number of hydrogen-bond acceptors (Lipinski definition) is 4. The molecule has 0 aliphatic carbocycles. The Hall–Kier alpha value is -2.15. The largest absolute Gasteiger partial charge is 0.416 e. The van der Waals surface area contributed by atoms with E-state index in [1.165, 1.54) is 17.4 Å². The van der Waals surface area contributed by atoms with Gasteiger partial charge < -0.3 is 5.73 Å². The molecule has 3 aromatic rings. The fourth-order valence-corrected chi connectivity index (χ4v) is 2.70. The van der Waals surface area contributed by atoms with Gasteiger partial charge in [-0.2, -0.15) is 13.2 Å². The standard InChI is InChI=1S/C13H8F3N3S/c14-13(15,16)7-4-5-10-9(6-7)19-12(20-10)8-2-1-3-11(17)18-8/h1-6H,(H2,17,18). The monoisotopic (exact) mass is 295 g/mol. The van der Waals surface area contributed by atoms with Crippen LogP contribution in [0.3, 0.4) is 0 Å². The Kier molecular flexibility index (Phi) is 2.86. The number of hydrogen-bond donors (Lipinski definition) is 1. The maximum absolute atomic E-state index is 12.6. The van der Waals surface area contributed by atoms with Gasteiger partial charge in [0.15, 0.2) is 0 Å². The predicted molar refractivity (Wildman–Crippen MR) is 72.3 cm³/mol. The van der Waals surface area contributed by atoms with Crippen molar-refractivity contribution in [2.45, 2.75) is 6.18 Å². The Morgan fingerprint density at radius 1 is 1.05 bits per heavy atom. The molecular weight excluding hydrogens is 287 g/mol. The summed E-state index contributed by atoms with van der Waals surface area (Å²) in [7, 11) is 0. The molecule has 0 fully saturated rings. The van der Waals surface area contributed by atoms with E-state index in [1.54, 1.807) is 18.2 Å². The number of nitrogen functional groups attached to an aromatic ring is 1. The number of nitrogens with zero attached hydrogens (tertiary/aromatic N) is 2. The highest BCUT2D eigenvalue weighted by molar-refractivity contribution is 7.21. The third-order valence-electron chi connectivity index (χ3n) is 2.70. The lowest BCUT2D eigenvalue weighted by atomic mass is 10.2. The second-order valence-electron chi connectivity index (χ2n) is 4.15. The number of halogens is 3. The predicted octanol–water partition coefficient (Wildman–Crippen LogP) is 3.96. The Morgan fingerprint density at radius 2 is 1.85 bits per heavy atom. The molecule has 0 unspecified atom stereocenters. The van der Waals surface area contributed by atoms with Crippen molar-refractivity contribution in [3.63, 3.8) is 0 Å². The number of anilines is 1. The van der Waals surface area contributed by atoms with Gasteiger partial charge in [-0.25, -0.2) is 9.97 Å². The molecule has 1 aromatic carbocycles. The van der Waals surface area contributed by atoms with Gasteiger partial charge >= 0.3 is 6.18 Å². The van der Waals surface area contributed by atoms with E-state index < -0.39 is 11.7 Å². The summed E-state index contributed by atoms with van der Waals surface area (Å²) in [4.78, 5) is 8.31. The van der Waals surface area contributed by atoms with E-state index in [-0.39, 0.29) is 0 Å². The summed E-state index contributed by atoms with van der Waals surface area (Å²) in [5.41, 5.74) is 5.75. The molecule has 0 aliphatic rings. The molecule has 0 aliphatic heterocycles. The summed E-state index contributed by atoms with van der Waals surface area (Å²) in [6, 6.07) is 8.60. The topological polar surface area (TPSA) is 51.8 Å². The van der Waals surface area contributed by atoms with E-state index in [9.17, 15) is 13.2 Å². The third kappa shape index (κ3) is 2.32. The van der Waals surface area contributed by atoms with Gasteiger partial charge in [0.25, 0.3) is 0 Å². The van der Waals surface area contributed by atoms with Gasteiger partial charge in [0, 0.05) is 0 Å². The first-order chi connectivity index (χ1) is 9.43. The van der Waals surface area contributed by atoms with E-state index >= 15 is 0 Å². The van der Waals surface area contributed by atoms with E-state index in [0.717, 1.165) is 12.1 Å². The molecule has 0 atom stereocenters. The lowest BCUT2D eigenvalue weighted by Crippen LogP contribution is -2.03. The number of benzene rings is 1. The van der Waals surface area contributed by atoms with Crippen LogP contribution in [-0.4, -0.2) is 9.97 Å². The van der Waals surface area contributed by atoms with Crippen LogP contribution in [0.4, 0.5) is 19.0 Å². The van der Waals surface area contributed by atoms with Crippen molar-refractivity contribution in [2.75, 3.05) is 5.73 Å². The second-order valence-corrected chi connectivity index (χ2v) is 5.18. The number of thiazole rings is 1. The van der Waals surface area contributed by atoms with Crippen molar-refractivity contribution in [2.24, 2.45) is 0 Å². The normalized spacial score (nSPS) is 11.9. The van der Waals surface area contributed by atoms with Crippen LogP contribution in [0.25, 0.3) is 20.9 Å². The van der Waals surface area contributed by atoms with E-state index in [4.69, 9.17) is 5.73 Å². The number of fused-ring (bicyclic) bond motifs is 1. The molecule has 0 amide bonds. The van der Waals surface area contributed by atoms with Crippen LogP contribution in [0.5, 0.6) is 0 Å². The van der Waals surface area contributed by atoms with Crippen molar-refractivity contribution in [3.8, 4) is 10.7 Å². The Bertz CT molecular complexity index is 780. The Morgan fingerprint density at radius 3 is 2.55 bits per heavy atom. The Labute approximate surface area is 115 Å². The van der Waals surface area contributed by atoms with Crippen molar-refractivity contribution in [1.82, 2.24) is 9.97 Å². The van der Waals surface area contributed by atoms with E-state index in [0.29, 0.717) is 26.7 Å². The molecule has 102 valence electrons. The highest BCUT2D eigenvalue weighted by Gasteiger charge is 2.30. The molecular formula is C13H8F3N3S. The maximum Gasteiger partial charge on any atom is 0.416 e. The van der Waals surface area contributed by atoms with Gasteiger partial charge in [0.05, 0.1) is 15.8 Å². The molecule has 7 heteroatoms. The zero-order chi connectivity index (χ0) is 14.3. The fraction of sp³-hybridized carbons (Fsp3) is 0.0769. The number of pyridine rings is 1. The van der Waals surface area contributed by atoms with Crippen molar-refractivity contribution < 1.29 is 13.2 Å². The molecule has 2 N–H and O–H groups in total. The molecule has 2 heterocycles. The average Bonchev–Trinajstić information content (AvgIpc) is 2.80. The number of nitrogens with two attached hydrogens (primary N) is 1. The van der Waals surface area contributed by atoms with Gasteiger partial charge in [-0.3, -0.25) is 0 Å². The number of aromatic nitrogens is 2. The highest BCUT2D eigenvalue weighted by atomic mass is 32.1. The van der Waals surface area contributed by atoms with Crippen molar-refractivity contribution >= 4 is 27.4 Å². The van der Waals surface area contributed by atoms with Gasteiger partial charge in [-0.15, -0.1) is 11.3 Å². The quantitative estimate of drug-likeness (QED) is 0.739. The van der Waals surface area contributed by atoms with E-state index in [2.05, 4.69) is 9.97 Å². The molecule has 0 bridgehead atoms. The second kappa shape index (κ2) is 4.45. The molecule has 0 saturated carbocycles. The zero-order valence-corrected chi connectivity index (χ0v) is 10.8. The number of rotatable bonds is 1. The van der Waals surface area contributed by atoms with Gasteiger partial charge in [-0.05, 0) is 30.3 Å². The number of alkyl halides is 3. The third-order valence-corrected chi connectivity index (χ3v) is 3.76. The van der Waals surface area contributed by atoms with Crippen molar-refractivity contribution in [1.29, 1.82) is 0 Å². The minimum atomic E-state index is -4.37. The molecule has 0 spiro atoms. The zero-order valence-electron chi connectivity index (χ0n) is 9.98. The summed E-state index contributed by atoms with van der Waals surface area (Å²) >= 11 is 1.28. The average molecular weight is 295 g/mol. The van der Waals surface area contributed by atoms with Crippen LogP contribution in [0, 0.1) is 0 Å². The van der Waals surface area contributed by atoms with Crippen LogP contribution in [0.2, 0.25) is 0 Å². The summed E-state index contributed by atoms with van der Waals surface area (Å²) in [5, 5.41) is 0.548. The molecule has 20 heavy (non-hydrogen) atoms. The molecule has 3 nitrogen and oxygen atoms in total. The molecule has 3 rings (SSSR count). The summed E-state index contributed by atoms with van der Waals surface area (Å²) in [6.07, 6.45) is -4.37. The lowest BCUT2D eigenvalue weighted by molar-refractivity contribution is -0.137. The maximum atomic E-state index is 12.6. The summed E-state index contributed by atoms with van der Waals surface area (Å²) < 4.78 is 38.6. The van der Waals surface area contributed by atoms with Gasteiger partial charge in [0.1, 0.15) is 16.5 Å². The molecule has 2 aromatic heterocycles. The minimum absolute atomic E-state index is 0.309. The van der Waals surface area contributed by atoms with Crippen LogP contribution < -0.4 is 5.73 Å². The minimum Gasteiger partial charge on any atom is -0.384 e. The Balaban J connectivity index is 2.11. The van der Waals surface area contributed by atoms with Crippen molar-refractivity contribution in [3.05, 3.63) is 42.0 Å². The highest BCUT2D eigenvalue weighted by Crippen LogP contribution is 2.34. The molecule has 0 radical (unpaired) electrons. The van der Waals surface area contributed by atoms with Crippen LogP contribution in [0.1, 0.15) is 5.56 Å². The first-order valence-corrected chi connectivity index (χ1v) is 6.46. The molecule has 0 saturated heterocycles. The smallest absolute Gasteiger partial charge is 0.384 e. The van der Waals surface area contributed by atoms with Gasteiger partial charge in [0.2, 0.25) is 0 Å². The van der Waals surface area contributed by atoms with Crippen LogP contribution in [0.15, 0.2) is 36.4 Å². The van der Waals surface area contributed by atoms with E-state index in [1.807, 2.05) is 0 Å². The SMILES string of the molecule is Nc1cccc(-c2nc3cc(C(F)(F)F)ccc3s2)n1. The lowest BCUT2D eigenvalue weighted by Gasteiger charge is -2.04.